The molecule has 1 aromatic rings. The second-order valence-corrected chi connectivity index (χ2v) is 4.55. The molecule has 16 heavy (non-hydrogen) atoms. The van der Waals surface area contributed by atoms with Gasteiger partial charge in [-0.2, -0.15) is 0 Å². The highest BCUT2D eigenvalue weighted by molar-refractivity contribution is 9.10. The molecule has 0 atom stereocenters. The summed E-state index contributed by atoms with van der Waals surface area (Å²) in [6.45, 7) is 2.34. The third kappa shape index (κ3) is 3.52. The summed E-state index contributed by atoms with van der Waals surface area (Å²) in [5.41, 5.74) is 1.06. The van der Waals surface area contributed by atoms with Crippen molar-refractivity contribution in [3.8, 4) is 5.75 Å². The van der Waals surface area contributed by atoms with Crippen LogP contribution in [0.2, 0.25) is 0 Å². The Morgan fingerprint density at radius 3 is 2.69 bits per heavy atom. The number of ketones is 1. The van der Waals surface area contributed by atoms with Crippen LogP contribution in [-0.2, 0) is 4.79 Å². The Morgan fingerprint density at radius 2 is 2.19 bits per heavy atom. The Labute approximate surface area is 105 Å². The van der Waals surface area contributed by atoms with Crippen LogP contribution in [0.4, 0.5) is 5.69 Å². The second kappa shape index (κ2) is 5.89. The van der Waals surface area contributed by atoms with Crippen LogP contribution in [-0.4, -0.2) is 26.5 Å². The van der Waals surface area contributed by atoms with Crippen LogP contribution in [0.3, 0.4) is 0 Å². The monoisotopic (exact) mass is 285 g/mol. The van der Waals surface area contributed by atoms with Crippen molar-refractivity contribution in [2.75, 3.05) is 25.6 Å². The van der Waals surface area contributed by atoms with Gasteiger partial charge in [-0.25, -0.2) is 0 Å². The molecule has 0 heterocycles. The molecule has 0 N–H and O–H groups in total. The number of methoxy groups -OCH3 is 1. The molecule has 0 bridgehead atoms. The summed E-state index contributed by atoms with van der Waals surface area (Å²) in [6, 6.07) is 5.87. The summed E-state index contributed by atoms with van der Waals surface area (Å²) < 4.78 is 6.08. The van der Waals surface area contributed by atoms with Crippen molar-refractivity contribution >= 4 is 27.4 Å². The van der Waals surface area contributed by atoms with E-state index in [1.807, 2.05) is 30.1 Å². The smallest absolute Gasteiger partial charge is 0.133 e. The number of hydrogen-bond acceptors (Lipinski definition) is 3. The lowest BCUT2D eigenvalue weighted by Gasteiger charge is -2.19. The highest BCUT2D eigenvalue weighted by Crippen LogP contribution is 2.29. The zero-order chi connectivity index (χ0) is 12.1. The van der Waals surface area contributed by atoms with Crippen molar-refractivity contribution in [3.05, 3.63) is 22.7 Å². The van der Waals surface area contributed by atoms with E-state index in [4.69, 9.17) is 4.74 Å². The molecule has 0 unspecified atom stereocenters. The van der Waals surface area contributed by atoms with Gasteiger partial charge < -0.3 is 9.64 Å². The fourth-order valence-corrected chi connectivity index (χ4v) is 1.88. The lowest BCUT2D eigenvalue weighted by Crippen LogP contribution is -2.20. The number of anilines is 1. The van der Waals surface area contributed by atoms with Gasteiger partial charge in [-0.05, 0) is 41.1 Å². The molecule has 1 aromatic carbocycles. The number of carbonyl (C=O) groups is 1. The molecular weight excluding hydrogens is 270 g/mol. The minimum Gasteiger partial charge on any atom is -0.496 e. The first kappa shape index (κ1) is 13.0. The van der Waals surface area contributed by atoms with Crippen molar-refractivity contribution in [1.29, 1.82) is 0 Å². The van der Waals surface area contributed by atoms with Crippen LogP contribution < -0.4 is 9.64 Å². The molecule has 0 saturated carbocycles. The van der Waals surface area contributed by atoms with Gasteiger partial charge in [-0.1, -0.05) is 0 Å². The first-order valence-electron chi connectivity index (χ1n) is 5.08. The summed E-state index contributed by atoms with van der Waals surface area (Å²) in [6.07, 6.45) is 0.570. The van der Waals surface area contributed by atoms with E-state index in [0.29, 0.717) is 6.42 Å². The van der Waals surface area contributed by atoms with E-state index in [0.717, 1.165) is 22.5 Å². The third-order valence-corrected chi connectivity index (χ3v) is 3.00. The minimum atomic E-state index is 0.208. The standard InChI is InChI=1S/C12H16BrNO2/c1-9(15)6-7-14(2)10-4-5-12(16-3)11(13)8-10/h4-5,8H,6-7H2,1-3H3. The number of rotatable bonds is 5. The van der Waals surface area contributed by atoms with Crippen molar-refractivity contribution < 1.29 is 9.53 Å². The zero-order valence-corrected chi connectivity index (χ0v) is 11.4. The average molecular weight is 286 g/mol. The Hall–Kier alpha value is -1.03. The topological polar surface area (TPSA) is 29.5 Å². The van der Waals surface area contributed by atoms with Gasteiger partial charge >= 0.3 is 0 Å². The van der Waals surface area contributed by atoms with E-state index < -0.39 is 0 Å². The van der Waals surface area contributed by atoms with Gasteiger partial charge in [0.05, 0.1) is 11.6 Å². The fourth-order valence-electron chi connectivity index (χ4n) is 1.35. The molecule has 3 nitrogen and oxygen atoms in total. The molecule has 0 aliphatic rings. The van der Waals surface area contributed by atoms with E-state index in [1.165, 1.54) is 0 Å². The minimum absolute atomic E-state index is 0.208. The van der Waals surface area contributed by atoms with Gasteiger partial charge in [0.2, 0.25) is 0 Å². The van der Waals surface area contributed by atoms with E-state index in [2.05, 4.69) is 15.9 Å². The quantitative estimate of drug-likeness (QED) is 0.833. The van der Waals surface area contributed by atoms with Crippen LogP contribution in [0.15, 0.2) is 22.7 Å². The van der Waals surface area contributed by atoms with Crippen molar-refractivity contribution in [2.45, 2.75) is 13.3 Å². The SMILES string of the molecule is COc1ccc(N(C)CCC(C)=O)cc1Br. The second-order valence-electron chi connectivity index (χ2n) is 3.69. The lowest BCUT2D eigenvalue weighted by molar-refractivity contribution is -0.116. The summed E-state index contributed by atoms with van der Waals surface area (Å²) in [5.74, 6) is 1.02. The van der Waals surface area contributed by atoms with E-state index >= 15 is 0 Å². The van der Waals surface area contributed by atoms with Crippen molar-refractivity contribution in [1.82, 2.24) is 0 Å². The largest absolute Gasteiger partial charge is 0.496 e. The molecule has 0 fully saturated rings. The zero-order valence-electron chi connectivity index (χ0n) is 9.79. The molecule has 4 heteroatoms. The Bertz CT molecular complexity index is 379. The molecular formula is C12H16BrNO2. The van der Waals surface area contributed by atoms with Gasteiger partial charge in [-0.3, -0.25) is 4.79 Å². The summed E-state index contributed by atoms with van der Waals surface area (Å²) in [5, 5.41) is 0. The molecule has 1 rings (SSSR count). The average Bonchev–Trinajstić information content (AvgIpc) is 2.25. The van der Waals surface area contributed by atoms with Crippen LogP contribution >= 0.6 is 15.9 Å². The molecule has 0 aliphatic carbocycles. The van der Waals surface area contributed by atoms with Gasteiger partial charge in [0.25, 0.3) is 0 Å². The lowest BCUT2D eigenvalue weighted by atomic mass is 10.2. The predicted molar refractivity (Wildman–Crippen MR) is 69.3 cm³/mol. The number of ether oxygens (including phenoxy) is 1. The van der Waals surface area contributed by atoms with Gasteiger partial charge in [0.15, 0.2) is 0 Å². The molecule has 0 aliphatic heterocycles. The van der Waals surface area contributed by atoms with Crippen molar-refractivity contribution in [2.24, 2.45) is 0 Å². The Balaban J connectivity index is 2.72. The van der Waals surface area contributed by atoms with Gasteiger partial charge in [-0.15, -0.1) is 0 Å². The number of hydrogen-bond donors (Lipinski definition) is 0. The Morgan fingerprint density at radius 1 is 1.50 bits per heavy atom. The first-order valence-corrected chi connectivity index (χ1v) is 5.88. The predicted octanol–water partition coefficient (Wildman–Crippen LogP) is 2.87. The fraction of sp³-hybridized carbons (Fsp3) is 0.417. The van der Waals surface area contributed by atoms with Crippen LogP contribution in [0, 0.1) is 0 Å². The molecule has 88 valence electrons. The molecule has 0 saturated heterocycles. The van der Waals surface area contributed by atoms with E-state index in [1.54, 1.807) is 14.0 Å². The van der Waals surface area contributed by atoms with Crippen LogP contribution in [0.25, 0.3) is 0 Å². The van der Waals surface area contributed by atoms with Crippen molar-refractivity contribution in [3.63, 3.8) is 0 Å². The summed E-state index contributed by atoms with van der Waals surface area (Å²) in [4.78, 5) is 12.9. The van der Waals surface area contributed by atoms with E-state index in [-0.39, 0.29) is 5.78 Å². The summed E-state index contributed by atoms with van der Waals surface area (Å²) in [7, 11) is 3.61. The molecule has 0 amide bonds. The van der Waals surface area contributed by atoms with Crippen LogP contribution in [0.5, 0.6) is 5.75 Å². The number of carbonyl (C=O) groups excluding carboxylic acids is 1. The maximum atomic E-state index is 10.9. The van der Waals surface area contributed by atoms with Gasteiger partial charge in [0, 0.05) is 25.7 Å². The summed E-state index contributed by atoms with van der Waals surface area (Å²) >= 11 is 3.44. The number of halogens is 1. The maximum Gasteiger partial charge on any atom is 0.133 e. The highest BCUT2D eigenvalue weighted by atomic mass is 79.9. The molecule has 0 spiro atoms. The highest BCUT2D eigenvalue weighted by Gasteiger charge is 2.06. The number of benzene rings is 1. The number of nitrogens with zero attached hydrogens (tertiary/aromatic N) is 1. The van der Waals surface area contributed by atoms with E-state index in [9.17, 15) is 4.79 Å². The molecule has 0 aromatic heterocycles. The normalized spacial score (nSPS) is 10.0. The number of Topliss-reactive ketones (excluding diaryl/α,β-unsaturated/α-hetero) is 1. The first-order chi connectivity index (χ1) is 7.54. The Kier molecular flexibility index (Phi) is 4.80. The maximum absolute atomic E-state index is 10.9. The molecule has 0 radical (unpaired) electrons. The van der Waals surface area contributed by atoms with Crippen LogP contribution in [0.1, 0.15) is 13.3 Å². The van der Waals surface area contributed by atoms with Gasteiger partial charge in [0.1, 0.15) is 11.5 Å². The third-order valence-electron chi connectivity index (χ3n) is 2.38.